The lowest BCUT2D eigenvalue weighted by molar-refractivity contribution is 0.355. The van der Waals surface area contributed by atoms with Crippen LogP contribution < -0.4 is 9.47 Å². The Labute approximate surface area is 171 Å². The van der Waals surface area contributed by atoms with E-state index in [-0.39, 0.29) is 0 Å². The number of ether oxygens (including phenoxy) is 2. The molecule has 0 amide bonds. The number of hydrogen-bond donors (Lipinski definition) is 0. The minimum absolute atomic E-state index is 0.546. The summed E-state index contributed by atoms with van der Waals surface area (Å²) in [7, 11) is 3.22. The summed E-state index contributed by atoms with van der Waals surface area (Å²) in [5.74, 6) is 1.33. The molecule has 0 unspecified atom stereocenters. The average Bonchev–Trinajstić information content (AvgIpc) is 3.38. The van der Waals surface area contributed by atoms with E-state index in [4.69, 9.17) is 21.1 Å². The molecule has 0 aliphatic heterocycles. The molecule has 0 spiro atoms. The molecule has 0 fully saturated rings. The Hall–Kier alpha value is -2.90. The summed E-state index contributed by atoms with van der Waals surface area (Å²) >= 11 is 7.54. The normalized spacial score (nSPS) is 10.8. The Morgan fingerprint density at radius 2 is 1.75 bits per heavy atom. The number of aromatic nitrogens is 4. The topological polar surface area (TPSA) is 62.1 Å². The van der Waals surface area contributed by atoms with Gasteiger partial charge in [-0.1, -0.05) is 28.9 Å². The molecule has 0 N–H and O–H groups in total. The van der Waals surface area contributed by atoms with E-state index >= 15 is 0 Å². The number of nitrogens with zero attached hydrogens (tertiary/aromatic N) is 4. The van der Waals surface area contributed by atoms with Crippen LogP contribution in [0.3, 0.4) is 0 Å². The van der Waals surface area contributed by atoms with Crippen molar-refractivity contribution in [3.05, 3.63) is 64.8 Å². The van der Waals surface area contributed by atoms with Crippen LogP contribution in [0.15, 0.2) is 54.0 Å². The molecule has 8 heteroatoms. The van der Waals surface area contributed by atoms with Crippen LogP contribution >= 0.6 is 22.9 Å². The minimum Gasteiger partial charge on any atom is -0.493 e. The molecule has 28 heavy (non-hydrogen) atoms. The molecule has 0 aliphatic carbocycles. The van der Waals surface area contributed by atoms with Gasteiger partial charge in [0, 0.05) is 21.5 Å². The van der Waals surface area contributed by atoms with Crippen LogP contribution in [0.1, 0.15) is 5.69 Å². The Balaban J connectivity index is 1.52. The molecule has 0 atom stereocenters. The van der Waals surface area contributed by atoms with Crippen molar-refractivity contribution in [3.8, 4) is 33.3 Å². The van der Waals surface area contributed by atoms with Crippen LogP contribution in [-0.4, -0.2) is 34.2 Å². The molecule has 2 aromatic carbocycles. The number of benzene rings is 2. The molecule has 2 aromatic heterocycles. The molecule has 4 rings (SSSR count). The molecular weight excluding hydrogens is 396 g/mol. The zero-order chi connectivity index (χ0) is 19.5. The van der Waals surface area contributed by atoms with Gasteiger partial charge < -0.3 is 9.47 Å². The predicted octanol–water partition coefficient (Wildman–Crippen LogP) is 4.79. The van der Waals surface area contributed by atoms with Crippen LogP contribution in [0.5, 0.6) is 11.5 Å². The summed E-state index contributed by atoms with van der Waals surface area (Å²) in [6.07, 6.45) is 1.89. The van der Waals surface area contributed by atoms with E-state index < -0.39 is 0 Å². The molecule has 0 saturated carbocycles. The Bertz CT molecular complexity index is 1090. The van der Waals surface area contributed by atoms with Crippen molar-refractivity contribution in [2.75, 3.05) is 14.2 Å². The number of rotatable bonds is 6. The van der Waals surface area contributed by atoms with Crippen LogP contribution in [0, 0.1) is 0 Å². The van der Waals surface area contributed by atoms with E-state index in [1.54, 1.807) is 30.2 Å². The smallest absolute Gasteiger partial charge is 0.161 e. The summed E-state index contributed by atoms with van der Waals surface area (Å²) in [6, 6.07) is 13.3. The SMILES string of the molecule is COc1ccc(-c2cn(Cc3csc(-c4ccc(Cl)cc4)n3)nn2)cc1OC. The number of methoxy groups -OCH3 is 2. The Morgan fingerprint density at radius 3 is 2.50 bits per heavy atom. The van der Waals surface area contributed by atoms with Gasteiger partial charge in [0.15, 0.2) is 11.5 Å². The second-order valence-corrected chi connectivity index (χ2v) is 7.32. The maximum atomic E-state index is 5.95. The van der Waals surface area contributed by atoms with Crippen LogP contribution in [0.2, 0.25) is 5.02 Å². The fourth-order valence-corrected chi connectivity index (χ4v) is 3.72. The molecule has 4 aromatic rings. The molecule has 0 bridgehead atoms. The molecule has 2 heterocycles. The quantitative estimate of drug-likeness (QED) is 0.455. The summed E-state index contributed by atoms with van der Waals surface area (Å²) in [6.45, 7) is 0.546. The van der Waals surface area contributed by atoms with E-state index in [0.29, 0.717) is 23.1 Å². The summed E-state index contributed by atoms with van der Waals surface area (Å²) < 4.78 is 12.4. The maximum Gasteiger partial charge on any atom is 0.161 e. The summed E-state index contributed by atoms with van der Waals surface area (Å²) in [4.78, 5) is 4.69. The van der Waals surface area contributed by atoms with Gasteiger partial charge in [0.1, 0.15) is 10.7 Å². The van der Waals surface area contributed by atoms with Gasteiger partial charge in [0.05, 0.1) is 32.7 Å². The van der Waals surface area contributed by atoms with Gasteiger partial charge in [-0.3, -0.25) is 0 Å². The van der Waals surface area contributed by atoms with Crippen molar-refractivity contribution >= 4 is 22.9 Å². The Kier molecular flexibility index (Phi) is 5.27. The van der Waals surface area contributed by atoms with Gasteiger partial charge in [-0.25, -0.2) is 9.67 Å². The first-order valence-electron chi connectivity index (χ1n) is 8.49. The maximum absolute atomic E-state index is 5.95. The van der Waals surface area contributed by atoms with E-state index in [1.165, 1.54) is 0 Å². The first kappa shape index (κ1) is 18.5. The van der Waals surface area contributed by atoms with Gasteiger partial charge in [0.2, 0.25) is 0 Å². The van der Waals surface area contributed by atoms with Crippen molar-refractivity contribution in [1.29, 1.82) is 0 Å². The zero-order valence-electron chi connectivity index (χ0n) is 15.3. The summed E-state index contributed by atoms with van der Waals surface area (Å²) in [5.41, 5.74) is 3.64. The van der Waals surface area contributed by atoms with Crippen molar-refractivity contribution in [2.24, 2.45) is 0 Å². The third-order valence-electron chi connectivity index (χ3n) is 4.18. The van der Waals surface area contributed by atoms with E-state index in [0.717, 1.165) is 27.5 Å². The van der Waals surface area contributed by atoms with E-state index in [2.05, 4.69) is 15.3 Å². The van der Waals surface area contributed by atoms with Crippen LogP contribution in [0.4, 0.5) is 0 Å². The first-order chi connectivity index (χ1) is 13.7. The number of thiazole rings is 1. The highest BCUT2D eigenvalue weighted by Crippen LogP contribution is 2.31. The molecular formula is C20H17ClN4O2S. The summed E-state index contributed by atoms with van der Waals surface area (Å²) in [5, 5.41) is 12.2. The van der Waals surface area contributed by atoms with Crippen molar-refractivity contribution in [3.63, 3.8) is 0 Å². The molecule has 0 saturated heterocycles. The van der Waals surface area contributed by atoms with Crippen molar-refractivity contribution in [1.82, 2.24) is 20.0 Å². The highest BCUT2D eigenvalue weighted by atomic mass is 35.5. The number of hydrogen-bond acceptors (Lipinski definition) is 6. The van der Waals surface area contributed by atoms with Gasteiger partial charge in [-0.15, -0.1) is 16.4 Å². The van der Waals surface area contributed by atoms with Gasteiger partial charge >= 0.3 is 0 Å². The second-order valence-electron chi connectivity index (χ2n) is 6.02. The first-order valence-corrected chi connectivity index (χ1v) is 9.75. The highest BCUT2D eigenvalue weighted by molar-refractivity contribution is 7.13. The zero-order valence-corrected chi connectivity index (χ0v) is 16.9. The molecule has 6 nitrogen and oxygen atoms in total. The van der Waals surface area contributed by atoms with Crippen LogP contribution in [0.25, 0.3) is 21.8 Å². The van der Waals surface area contributed by atoms with Gasteiger partial charge in [-0.05, 0) is 30.3 Å². The Morgan fingerprint density at radius 1 is 1.00 bits per heavy atom. The lowest BCUT2D eigenvalue weighted by Gasteiger charge is -2.07. The molecule has 0 aliphatic rings. The largest absolute Gasteiger partial charge is 0.493 e. The standard InChI is InChI=1S/C20H17ClN4O2S/c1-26-18-8-5-14(9-19(18)27-2)17-11-25(24-23-17)10-16-12-28-20(22-16)13-3-6-15(21)7-4-13/h3-9,11-12H,10H2,1-2H3. The number of halogens is 1. The van der Waals surface area contributed by atoms with Gasteiger partial charge in [-0.2, -0.15) is 0 Å². The van der Waals surface area contributed by atoms with E-state index in [1.807, 2.05) is 54.0 Å². The highest BCUT2D eigenvalue weighted by Gasteiger charge is 2.11. The van der Waals surface area contributed by atoms with Crippen molar-refractivity contribution < 1.29 is 9.47 Å². The van der Waals surface area contributed by atoms with Crippen LogP contribution in [-0.2, 0) is 6.54 Å². The second kappa shape index (κ2) is 8.00. The fourth-order valence-electron chi connectivity index (χ4n) is 2.77. The predicted molar refractivity (Wildman–Crippen MR) is 110 cm³/mol. The molecule has 142 valence electrons. The van der Waals surface area contributed by atoms with Crippen molar-refractivity contribution in [2.45, 2.75) is 6.54 Å². The third-order valence-corrected chi connectivity index (χ3v) is 5.38. The molecule has 0 radical (unpaired) electrons. The monoisotopic (exact) mass is 412 g/mol. The van der Waals surface area contributed by atoms with Gasteiger partial charge in [0.25, 0.3) is 0 Å². The fraction of sp³-hybridized carbons (Fsp3) is 0.150. The lowest BCUT2D eigenvalue weighted by Crippen LogP contribution is -2.00. The minimum atomic E-state index is 0.546. The lowest BCUT2D eigenvalue weighted by atomic mass is 10.1. The average molecular weight is 413 g/mol. The third kappa shape index (κ3) is 3.85. The van der Waals surface area contributed by atoms with E-state index in [9.17, 15) is 0 Å².